The fourth-order valence-corrected chi connectivity index (χ4v) is 6.76. The Morgan fingerprint density at radius 1 is 1.12 bits per heavy atom. The van der Waals surface area contributed by atoms with Crippen molar-refractivity contribution in [2.75, 3.05) is 18.5 Å². The van der Waals surface area contributed by atoms with Crippen LogP contribution in [0.15, 0.2) is 53.1 Å². The van der Waals surface area contributed by atoms with E-state index in [1.54, 1.807) is 28.8 Å². The summed E-state index contributed by atoms with van der Waals surface area (Å²) in [4.78, 5) is 11.5. The summed E-state index contributed by atoms with van der Waals surface area (Å²) in [6.45, 7) is 5.32. The van der Waals surface area contributed by atoms with Crippen molar-refractivity contribution in [2.45, 2.75) is 45.5 Å². The second-order valence-corrected chi connectivity index (χ2v) is 11.8. The number of piperidine rings is 1. The first-order valence-corrected chi connectivity index (χ1v) is 15.0. The molecule has 0 atom stereocenters. The molecule has 1 N–H and O–H groups in total. The highest BCUT2D eigenvalue weighted by Crippen LogP contribution is 2.34. The highest BCUT2D eigenvalue weighted by molar-refractivity contribution is 7.22. The zero-order valence-corrected chi connectivity index (χ0v) is 23.8. The van der Waals surface area contributed by atoms with E-state index in [4.69, 9.17) is 10.2 Å². The summed E-state index contributed by atoms with van der Waals surface area (Å²) in [6.07, 6.45) is 0.446. The van der Waals surface area contributed by atoms with Crippen LogP contribution in [-0.4, -0.2) is 44.4 Å². The summed E-state index contributed by atoms with van der Waals surface area (Å²) in [7, 11) is 0. The number of halogens is 3. The number of hydrogen-bond acceptors (Lipinski definition) is 8. The molecule has 4 heterocycles. The number of rotatable bonds is 7. The van der Waals surface area contributed by atoms with Gasteiger partial charge in [-0.25, -0.2) is 9.97 Å². The Morgan fingerprint density at radius 2 is 1.95 bits per heavy atom. The van der Waals surface area contributed by atoms with Crippen LogP contribution in [-0.2, 0) is 13.1 Å². The number of thiazole rings is 2. The predicted molar refractivity (Wildman–Crippen MR) is 158 cm³/mol. The fourth-order valence-electron chi connectivity index (χ4n) is 5.16. The van der Waals surface area contributed by atoms with Crippen LogP contribution in [0.1, 0.15) is 43.0 Å². The van der Waals surface area contributed by atoms with Crippen molar-refractivity contribution in [3.8, 4) is 16.6 Å². The maximum atomic E-state index is 14.5. The van der Waals surface area contributed by atoms with Crippen LogP contribution in [0.4, 0.5) is 18.3 Å². The lowest BCUT2D eigenvalue weighted by atomic mass is 10.1. The average molecular weight is 594 g/mol. The molecule has 12 heteroatoms. The standard InChI is InChI=1S/C29H26F3N7S2/c1-2-39-16-22(26(29(30,31)32)36-37-28-35-23-12-18(14-33)6-9-25(23)41-28)21-13-19(7-8-24(21)39)27-34-20(17-40-27)15-38-10-4-3-5-11-38/h6-9,12-13,16-17H,2-5,10-11,15H2,1H3,(H,35,37)/b36-26-. The van der Waals surface area contributed by atoms with Gasteiger partial charge in [0.15, 0.2) is 5.71 Å². The van der Waals surface area contributed by atoms with E-state index in [0.29, 0.717) is 28.5 Å². The smallest absolute Gasteiger partial charge is 0.347 e. The molecule has 41 heavy (non-hydrogen) atoms. The van der Waals surface area contributed by atoms with E-state index in [2.05, 4.69) is 20.4 Å². The molecule has 5 aromatic rings. The molecule has 210 valence electrons. The number of likely N-dealkylation sites (tertiary alicyclic amines) is 1. The van der Waals surface area contributed by atoms with Crippen LogP contribution in [0.5, 0.6) is 0 Å². The molecule has 0 spiro atoms. The SMILES string of the molecule is CCn1cc(/C(=N/Nc2nc3cc(C#N)ccc3s2)C(F)(F)F)c2cc(-c3nc(CN4CCCCC4)cs3)ccc21. The Hall–Kier alpha value is -3.79. The topological polar surface area (TPSA) is 82.1 Å². The molecule has 1 saturated heterocycles. The molecule has 0 unspecified atom stereocenters. The Labute approximate surface area is 242 Å². The number of benzene rings is 2. The van der Waals surface area contributed by atoms with Gasteiger partial charge in [-0.2, -0.15) is 23.5 Å². The minimum Gasteiger partial charge on any atom is -0.347 e. The first-order chi connectivity index (χ1) is 19.8. The minimum atomic E-state index is -4.72. The molecule has 6 rings (SSSR count). The van der Waals surface area contributed by atoms with E-state index >= 15 is 0 Å². The zero-order chi connectivity index (χ0) is 28.6. The second-order valence-electron chi connectivity index (χ2n) is 9.92. The number of nitrogens with zero attached hydrogens (tertiary/aromatic N) is 6. The number of nitrogens with one attached hydrogen (secondary N) is 1. The maximum absolute atomic E-state index is 14.5. The van der Waals surface area contributed by atoms with E-state index in [1.165, 1.54) is 48.1 Å². The van der Waals surface area contributed by atoms with Gasteiger partial charge in [0, 0.05) is 46.7 Å². The zero-order valence-electron chi connectivity index (χ0n) is 22.2. The van der Waals surface area contributed by atoms with Crippen LogP contribution in [0.2, 0.25) is 0 Å². The molecule has 0 radical (unpaired) electrons. The molecular formula is C29H26F3N7S2. The van der Waals surface area contributed by atoms with Gasteiger partial charge < -0.3 is 4.57 Å². The molecule has 3 aromatic heterocycles. The fraction of sp³-hybridized carbons (Fsp3) is 0.310. The Balaban J connectivity index is 1.35. The number of aryl methyl sites for hydroxylation is 1. The molecule has 0 bridgehead atoms. The molecule has 0 aliphatic carbocycles. The number of alkyl halides is 3. The van der Waals surface area contributed by atoms with E-state index < -0.39 is 11.9 Å². The summed E-state index contributed by atoms with van der Waals surface area (Å²) in [6, 6.07) is 12.6. The van der Waals surface area contributed by atoms with Crippen molar-refractivity contribution < 1.29 is 13.2 Å². The van der Waals surface area contributed by atoms with E-state index in [9.17, 15) is 13.2 Å². The van der Waals surface area contributed by atoms with E-state index in [0.717, 1.165) is 40.6 Å². The number of anilines is 1. The summed E-state index contributed by atoms with van der Waals surface area (Å²) < 4.78 is 45.9. The number of nitriles is 1. The van der Waals surface area contributed by atoms with Crippen LogP contribution in [0.3, 0.4) is 0 Å². The molecule has 1 aliphatic rings. The summed E-state index contributed by atoms with van der Waals surface area (Å²) in [5.41, 5.74) is 4.88. The van der Waals surface area contributed by atoms with Crippen molar-refractivity contribution in [3.63, 3.8) is 0 Å². The molecule has 1 fully saturated rings. The third kappa shape index (κ3) is 5.70. The Bertz CT molecular complexity index is 1790. The van der Waals surface area contributed by atoms with Gasteiger partial charge >= 0.3 is 6.18 Å². The summed E-state index contributed by atoms with van der Waals surface area (Å²) >= 11 is 2.68. The van der Waals surface area contributed by atoms with Gasteiger partial charge in [0.25, 0.3) is 0 Å². The lowest BCUT2D eigenvalue weighted by molar-refractivity contribution is -0.0580. The third-order valence-corrected chi connectivity index (χ3v) is 9.04. The van der Waals surface area contributed by atoms with Gasteiger partial charge in [0.05, 0.1) is 27.5 Å². The maximum Gasteiger partial charge on any atom is 0.435 e. The van der Waals surface area contributed by atoms with Crippen LogP contribution in [0, 0.1) is 11.3 Å². The summed E-state index contributed by atoms with van der Waals surface area (Å²) in [5, 5.41) is 16.4. The largest absolute Gasteiger partial charge is 0.435 e. The van der Waals surface area contributed by atoms with Crippen LogP contribution >= 0.6 is 22.7 Å². The Kier molecular flexibility index (Phi) is 7.50. The van der Waals surface area contributed by atoms with Gasteiger partial charge in [-0.1, -0.05) is 17.8 Å². The second kappa shape index (κ2) is 11.2. The molecule has 2 aromatic carbocycles. The van der Waals surface area contributed by atoms with Crippen molar-refractivity contribution in [3.05, 3.63) is 64.8 Å². The van der Waals surface area contributed by atoms with E-state index in [1.807, 2.05) is 30.5 Å². The predicted octanol–water partition coefficient (Wildman–Crippen LogP) is 7.63. The quantitative estimate of drug-likeness (QED) is 0.155. The van der Waals surface area contributed by atoms with Crippen LogP contribution in [0.25, 0.3) is 31.7 Å². The minimum absolute atomic E-state index is 0.0123. The van der Waals surface area contributed by atoms with Gasteiger partial charge in [0.2, 0.25) is 5.13 Å². The van der Waals surface area contributed by atoms with Crippen molar-refractivity contribution in [1.82, 2.24) is 19.4 Å². The van der Waals surface area contributed by atoms with E-state index in [-0.39, 0.29) is 10.7 Å². The van der Waals surface area contributed by atoms with Crippen molar-refractivity contribution in [2.24, 2.45) is 5.10 Å². The molecule has 0 saturated carbocycles. The molecule has 1 aliphatic heterocycles. The first kappa shape index (κ1) is 27.4. The average Bonchev–Trinajstić information content (AvgIpc) is 3.69. The first-order valence-electron chi connectivity index (χ1n) is 13.3. The normalized spacial score (nSPS) is 15.0. The lowest BCUT2D eigenvalue weighted by Gasteiger charge is -2.25. The number of aromatic nitrogens is 3. The third-order valence-electron chi connectivity index (χ3n) is 7.16. The molecule has 0 amide bonds. The van der Waals surface area contributed by atoms with Gasteiger partial charge in [-0.15, -0.1) is 11.3 Å². The van der Waals surface area contributed by atoms with Gasteiger partial charge in [-0.05, 0) is 69.3 Å². The molecule has 7 nitrogen and oxygen atoms in total. The molecular weight excluding hydrogens is 567 g/mol. The van der Waals surface area contributed by atoms with Gasteiger partial charge in [0.1, 0.15) is 5.01 Å². The van der Waals surface area contributed by atoms with Crippen LogP contribution < -0.4 is 5.43 Å². The number of hydrazone groups is 1. The van der Waals surface area contributed by atoms with Gasteiger partial charge in [-0.3, -0.25) is 10.3 Å². The Morgan fingerprint density at radius 3 is 2.71 bits per heavy atom. The summed E-state index contributed by atoms with van der Waals surface area (Å²) in [5.74, 6) is 0. The monoisotopic (exact) mass is 593 g/mol. The lowest BCUT2D eigenvalue weighted by Crippen LogP contribution is -2.29. The highest BCUT2D eigenvalue weighted by Gasteiger charge is 2.39. The van der Waals surface area contributed by atoms with Crippen molar-refractivity contribution >= 4 is 54.6 Å². The highest BCUT2D eigenvalue weighted by atomic mass is 32.1. The van der Waals surface area contributed by atoms with Crippen molar-refractivity contribution in [1.29, 1.82) is 5.26 Å². The number of hydrogen-bond donors (Lipinski definition) is 1. The number of fused-ring (bicyclic) bond motifs is 2.